The van der Waals surface area contributed by atoms with Crippen LogP contribution in [-0.2, 0) is 11.3 Å². The van der Waals surface area contributed by atoms with Crippen molar-refractivity contribution < 1.29 is 13.9 Å². The third-order valence-corrected chi connectivity index (χ3v) is 3.92. The van der Waals surface area contributed by atoms with Gasteiger partial charge in [-0.1, -0.05) is 18.2 Å². The first-order chi connectivity index (χ1) is 13.5. The van der Waals surface area contributed by atoms with Crippen LogP contribution in [0.25, 0.3) is 0 Å². The van der Waals surface area contributed by atoms with Crippen molar-refractivity contribution in [2.24, 2.45) is 0 Å². The molecule has 0 aliphatic carbocycles. The number of rotatable bonds is 7. The monoisotopic (exact) mass is 380 g/mol. The maximum Gasteiger partial charge on any atom is 0.338 e. The van der Waals surface area contributed by atoms with E-state index in [1.54, 1.807) is 62.4 Å². The first-order valence-corrected chi connectivity index (χ1v) is 8.92. The molecule has 144 valence electrons. The molecule has 1 heterocycles. The number of carbonyl (C=O) groups excluding carboxylic acids is 1. The van der Waals surface area contributed by atoms with Gasteiger partial charge in [-0.2, -0.15) is 0 Å². The highest BCUT2D eigenvalue weighted by Gasteiger charge is 2.07. The summed E-state index contributed by atoms with van der Waals surface area (Å²) in [6, 6.07) is 15.3. The number of aryl methyl sites for hydroxylation is 1. The van der Waals surface area contributed by atoms with E-state index in [-0.39, 0.29) is 11.8 Å². The second-order valence-corrected chi connectivity index (χ2v) is 6.05. The topological polar surface area (TPSA) is 76.1 Å². The minimum atomic E-state index is -0.355. The molecule has 0 spiro atoms. The number of ether oxygens (including phenoxy) is 1. The largest absolute Gasteiger partial charge is 0.462 e. The first kappa shape index (κ1) is 19.3. The molecule has 0 fully saturated rings. The summed E-state index contributed by atoms with van der Waals surface area (Å²) in [6.45, 7) is 4.20. The molecule has 3 aromatic rings. The van der Waals surface area contributed by atoms with Crippen molar-refractivity contribution in [3.05, 3.63) is 77.4 Å². The van der Waals surface area contributed by atoms with Crippen LogP contribution in [0.15, 0.2) is 54.6 Å². The van der Waals surface area contributed by atoms with E-state index in [4.69, 9.17) is 4.74 Å². The maximum atomic E-state index is 13.8. The Balaban J connectivity index is 1.69. The van der Waals surface area contributed by atoms with Crippen LogP contribution < -0.4 is 10.6 Å². The van der Waals surface area contributed by atoms with Gasteiger partial charge in [0.2, 0.25) is 0 Å². The van der Waals surface area contributed by atoms with Gasteiger partial charge in [0, 0.05) is 23.9 Å². The summed E-state index contributed by atoms with van der Waals surface area (Å²) >= 11 is 0. The Morgan fingerprint density at radius 2 is 1.79 bits per heavy atom. The Kier molecular flexibility index (Phi) is 6.16. The van der Waals surface area contributed by atoms with E-state index < -0.39 is 0 Å². The molecule has 7 heteroatoms. The number of hydrogen-bond acceptors (Lipinski definition) is 6. The van der Waals surface area contributed by atoms with Crippen molar-refractivity contribution in [2.75, 3.05) is 17.2 Å². The van der Waals surface area contributed by atoms with Crippen LogP contribution >= 0.6 is 0 Å². The number of nitrogens with zero attached hydrogens (tertiary/aromatic N) is 2. The fraction of sp³-hybridized carbons (Fsp3) is 0.190. The summed E-state index contributed by atoms with van der Waals surface area (Å²) in [5.41, 5.74) is 1.81. The Bertz CT molecular complexity index is 961. The third-order valence-electron chi connectivity index (χ3n) is 3.92. The normalized spacial score (nSPS) is 10.4. The van der Waals surface area contributed by atoms with Crippen LogP contribution in [0.5, 0.6) is 0 Å². The quantitative estimate of drug-likeness (QED) is 0.590. The number of halogens is 1. The van der Waals surface area contributed by atoms with Gasteiger partial charge in [-0.15, -0.1) is 0 Å². The Hall–Kier alpha value is -3.48. The summed E-state index contributed by atoms with van der Waals surface area (Å²) in [4.78, 5) is 20.4. The molecule has 2 N–H and O–H groups in total. The minimum absolute atomic E-state index is 0.263. The fourth-order valence-corrected chi connectivity index (χ4v) is 2.60. The molecule has 0 radical (unpaired) electrons. The lowest BCUT2D eigenvalue weighted by Gasteiger charge is -2.11. The maximum absolute atomic E-state index is 13.8. The zero-order chi connectivity index (χ0) is 19.9. The summed E-state index contributed by atoms with van der Waals surface area (Å²) < 4.78 is 18.7. The van der Waals surface area contributed by atoms with Crippen LogP contribution in [0.2, 0.25) is 0 Å². The molecule has 0 aliphatic heterocycles. The molecule has 28 heavy (non-hydrogen) atoms. The van der Waals surface area contributed by atoms with Gasteiger partial charge in [0.05, 0.1) is 12.2 Å². The zero-order valence-electron chi connectivity index (χ0n) is 15.7. The molecule has 0 saturated heterocycles. The summed E-state index contributed by atoms with van der Waals surface area (Å²) in [5, 5.41) is 6.29. The van der Waals surface area contributed by atoms with E-state index in [0.717, 1.165) is 5.69 Å². The SMILES string of the molecule is CCOC(=O)c1ccc(Nc2cc(NCc3ccccc3F)nc(C)n2)cc1. The van der Waals surface area contributed by atoms with Crippen LogP contribution in [0.3, 0.4) is 0 Å². The number of esters is 1. The molecule has 0 aliphatic rings. The minimum Gasteiger partial charge on any atom is -0.462 e. The molecule has 1 aromatic heterocycles. The molecule has 6 nitrogen and oxygen atoms in total. The number of anilines is 3. The lowest BCUT2D eigenvalue weighted by atomic mass is 10.2. The standard InChI is InChI=1S/C21H21FN4O2/c1-3-28-21(27)15-8-10-17(11-9-15)26-20-12-19(24-14(2)25-20)23-13-16-6-4-5-7-18(16)22/h4-12H,3,13H2,1-2H3,(H2,23,24,25,26). The second kappa shape index (κ2) is 8.94. The summed E-state index contributed by atoms with van der Waals surface area (Å²) in [6.07, 6.45) is 0. The van der Waals surface area contributed by atoms with Gasteiger partial charge in [0.15, 0.2) is 0 Å². The zero-order valence-corrected chi connectivity index (χ0v) is 15.7. The smallest absolute Gasteiger partial charge is 0.338 e. The third kappa shape index (κ3) is 5.03. The molecule has 0 atom stereocenters. The fourth-order valence-electron chi connectivity index (χ4n) is 2.60. The van der Waals surface area contributed by atoms with Crippen LogP contribution in [0, 0.1) is 12.7 Å². The number of aromatic nitrogens is 2. The number of hydrogen-bond donors (Lipinski definition) is 2. The summed E-state index contributed by atoms with van der Waals surface area (Å²) in [5.74, 6) is 1.13. The molecule has 0 saturated carbocycles. The van der Waals surface area contributed by atoms with Gasteiger partial charge in [-0.25, -0.2) is 19.2 Å². The second-order valence-electron chi connectivity index (χ2n) is 6.05. The highest BCUT2D eigenvalue weighted by atomic mass is 19.1. The van der Waals surface area contributed by atoms with Gasteiger partial charge >= 0.3 is 5.97 Å². The van der Waals surface area contributed by atoms with E-state index in [2.05, 4.69) is 20.6 Å². The van der Waals surface area contributed by atoms with E-state index in [0.29, 0.717) is 41.7 Å². The van der Waals surface area contributed by atoms with E-state index >= 15 is 0 Å². The summed E-state index contributed by atoms with van der Waals surface area (Å²) in [7, 11) is 0. The Morgan fingerprint density at radius 3 is 2.50 bits per heavy atom. The van der Waals surface area contributed by atoms with Gasteiger partial charge in [-0.3, -0.25) is 0 Å². The molecule has 2 aromatic carbocycles. The highest BCUT2D eigenvalue weighted by molar-refractivity contribution is 5.89. The van der Waals surface area contributed by atoms with Crippen molar-refractivity contribution in [1.82, 2.24) is 9.97 Å². The molecule has 0 amide bonds. The number of nitrogens with one attached hydrogen (secondary N) is 2. The van der Waals surface area contributed by atoms with Crippen molar-refractivity contribution in [1.29, 1.82) is 0 Å². The van der Waals surface area contributed by atoms with Gasteiger partial charge in [-0.05, 0) is 44.2 Å². The molecular formula is C21H21FN4O2. The van der Waals surface area contributed by atoms with Crippen molar-refractivity contribution in [3.63, 3.8) is 0 Å². The molecule has 3 rings (SSSR count). The van der Waals surface area contributed by atoms with Gasteiger partial charge in [0.25, 0.3) is 0 Å². The van der Waals surface area contributed by atoms with Gasteiger partial charge < -0.3 is 15.4 Å². The lowest BCUT2D eigenvalue weighted by Crippen LogP contribution is -2.06. The first-order valence-electron chi connectivity index (χ1n) is 8.92. The molecule has 0 bridgehead atoms. The van der Waals surface area contributed by atoms with Crippen LogP contribution in [-0.4, -0.2) is 22.5 Å². The van der Waals surface area contributed by atoms with Crippen molar-refractivity contribution >= 4 is 23.3 Å². The van der Waals surface area contributed by atoms with Crippen LogP contribution in [0.4, 0.5) is 21.7 Å². The van der Waals surface area contributed by atoms with Crippen molar-refractivity contribution in [3.8, 4) is 0 Å². The lowest BCUT2D eigenvalue weighted by molar-refractivity contribution is 0.0526. The molecule has 0 unspecified atom stereocenters. The Morgan fingerprint density at radius 1 is 1.07 bits per heavy atom. The van der Waals surface area contributed by atoms with Crippen molar-refractivity contribution in [2.45, 2.75) is 20.4 Å². The Labute approximate surface area is 162 Å². The number of benzene rings is 2. The van der Waals surface area contributed by atoms with Gasteiger partial charge in [0.1, 0.15) is 23.3 Å². The average Bonchev–Trinajstić information content (AvgIpc) is 2.68. The van der Waals surface area contributed by atoms with E-state index in [9.17, 15) is 9.18 Å². The average molecular weight is 380 g/mol. The van der Waals surface area contributed by atoms with Crippen LogP contribution in [0.1, 0.15) is 28.7 Å². The predicted molar refractivity (Wildman–Crippen MR) is 106 cm³/mol. The van der Waals surface area contributed by atoms with E-state index in [1.165, 1.54) is 6.07 Å². The van der Waals surface area contributed by atoms with E-state index in [1.807, 2.05) is 0 Å². The molecular weight excluding hydrogens is 359 g/mol. The number of carbonyl (C=O) groups is 1. The predicted octanol–water partition coefficient (Wildman–Crippen LogP) is 4.46. The highest BCUT2D eigenvalue weighted by Crippen LogP contribution is 2.19.